The molecule has 0 heterocycles. The highest BCUT2D eigenvalue weighted by Gasteiger charge is 2.25. The van der Waals surface area contributed by atoms with Gasteiger partial charge in [-0.05, 0) is 30.5 Å². The van der Waals surface area contributed by atoms with Crippen molar-refractivity contribution >= 4 is 10.0 Å². The maximum atomic E-state index is 13.6. The van der Waals surface area contributed by atoms with E-state index in [1.165, 1.54) is 7.05 Å². The summed E-state index contributed by atoms with van der Waals surface area (Å²) in [6.07, 6.45) is 0.449. The fourth-order valence-corrected chi connectivity index (χ4v) is 2.88. The number of rotatable bonds is 6. The van der Waals surface area contributed by atoms with Crippen molar-refractivity contribution in [3.63, 3.8) is 0 Å². The zero-order chi connectivity index (χ0) is 15.5. The summed E-state index contributed by atoms with van der Waals surface area (Å²) in [5, 5.41) is 0. The summed E-state index contributed by atoms with van der Waals surface area (Å²) in [6, 6.07) is 2.22. The largest absolute Gasteiger partial charge is 0.327 e. The average Bonchev–Trinajstić information content (AvgIpc) is 2.37. The van der Waals surface area contributed by atoms with Crippen LogP contribution in [0.5, 0.6) is 0 Å². The van der Waals surface area contributed by atoms with Crippen molar-refractivity contribution in [2.75, 3.05) is 13.6 Å². The lowest BCUT2D eigenvalue weighted by Gasteiger charge is -2.21. The maximum Gasteiger partial charge on any atom is 0.245 e. The Morgan fingerprint density at radius 2 is 1.90 bits per heavy atom. The highest BCUT2D eigenvalue weighted by Crippen LogP contribution is 2.20. The molecule has 114 valence electrons. The minimum atomic E-state index is -4.05. The van der Waals surface area contributed by atoms with Crippen LogP contribution in [0.15, 0.2) is 23.1 Å². The number of halogens is 2. The monoisotopic (exact) mass is 306 g/mol. The topological polar surface area (TPSA) is 63.4 Å². The molecular formula is C13H20F2N2O2S. The molecule has 0 amide bonds. The summed E-state index contributed by atoms with van der Waals surface area (Å²) in [4.78, 5) is -0.655. The first-order valence-corrected chi connectivity index (χ1v) is 7.77. The fourth-order valence-electron chi connectivity index (χ4n) is 1.63. The predicted octanol–water partition coefficient (Wildman–Crippen LogP) is 1.96. The van der Waals surface area contributed by atoms with Crippen molar-refractivity contribution in [2.24, 2.45) is 11.7 Å². The van der Waals surface area contributed by atoms with Crippen molar-refractivity contribution in [2.45, 2.75) is 31.2 Å². The van der Waals surface area contributed by atoms with Gasteiger partial charge in [-0.15, -0.1) is 0 Å². The molecule has 0 aliphatic rings. The van der Waals surface area contributed by atoms with E-state index in [1.54, 1.807) is 0 Å². The van der Waals surface area contributed by atoms with E-state index in [1.807, 2.05) is 13.8 Å². The minimum Gasteiger partial charge on any atom is -0.327 e. The van der Waals surface area contributed by atoms with Gasteiger partial charge in [0.15, 0.2) is 0 Å². The summed E-state index contributed by atoms with van der Waals surface area (Å²) in [7, 11) is -2.72. The van der Waals surface area contributed by atoms with E-state index in [-0.39, 0.29) is 18.5 Å². The van der Waals surface area contributed by atoms with Gasteiger partial charge in [-0.3, -0.25) is 0 Å². The summed E-state index contributed by atoms with van der Waals surface area (Å²) in [5.74, 6) is -1.54. The molecule has 0 aliphatic carbocycles. The van der Waals surface area contributed by atoms with E-state index in [9.17, 15) is 17.2 Å². The Morgan fingerprint density at radius 1 is 1.30 bits per heavy atom. The van der Waals surface area contributed by atoms with Crippen LogP contribution in [0.2, 0.25) is 0 Å². The van der Waals surface area contributed by atoms with Gasteiger partial charge < -0.3 is 5.73 Å². The lowest BCUT2D eigenvalue weighted by atomic mass is 10.0. The van der Waals surface area contributed by atoms with Gasteiger partial charge in [0.1, 0.15) is 16.5 Å². The fraction of sp³-hybridized carbons (Fsp3) is 0.538. The smallest absolute Gasteiger partial charge is 0.245 e. The second-order valence-corrected chi connectivity index (χ2v) is 7.11. The van der Waals surface area contributed by atoms with Crippen LogP contribution in [0.3, 0.4) is 0 Å². The second-order valence-electron chi connectivity index (χ2n) is 5.10. The SMILES string of the molecule is CC(C)C(N)CCN(C)S(=O)(=O)c1cc(F)ccc1F. The molecule has 1 unspecified atom stereocenters. The van der Waals surface area contributed by atoms with Crippen molar-refractivity contribution in [3.05, 3.63) is 29.8 Å². The van der Waals surface area contributed by atoms with Crippen LogP contribution < -0.4 is 5.73 Å². The van der Waals surface area contributed by atoms with Crippen LogP contribution in [-0.2, 0) is 10.0 Å². The van der Waals surface area contributed by atoms with E-state index < -0.39 is 26.6 Å². The third kappa shape index (κ3) is 3.97. The van der Waals surface area contributed by atoms with Gasteiger partial charge in [-0.1, -0.05) is 13.8 Å². The normalized spacial score (nSPS) is 14.0. The number of hydrogen-bond acceptors (Lipinski definition) is 3. The molecule has 1 rings (SSSR count). The maximum absolute atomic E-state index is 13.6. The van der Waals surface area contributed by atoms with Gasteiger partial charge in [0.05, 0.1) is 0 Å². The lowest BCUT2D eigenvalue weighted by Crippen LogP contribution is -2.35. The number of benzene rings is 1. The van der Waals surface area contributed by atoms with Crippen molar-refractivity contribution in [1.29, 1.82) is 0 Å². The van der Waals surface area contributed by atoms with Crippen LogP contribution in [0.25, 0.3) is 0 Å². The van der Waals surface area contributed by atoms with Gasteiger partial charge in [0.25, 0.3) is 0 Å². The molecule has 0 bridgehead atoms. The van der Waals surface area contributed by atoms with Gasteiger partial charge >= 0.3 is 0 Å². The minimum absolute atomic E-state index is 0.148. The highest BCUT2D eigenvalue weighted by molar-refractivity contribution is 7.89. The Labute approximate surface area is 118 Å². The Kier molecular flexibility index (Phi) is 5.61. The Balaban J connectivity index is 2.90. The zero-order valence-electron chi connectivity index (χ0n) is 11.8. The molecule has 20 heavy (non-hydrogen) atoms. The summed E-state index contributed by atoms with van der Waals surface area (Å²) in [6.45, 7) is 4.02. The molecule has 1 aromatic carbocycles. The van der Waals surface area contributed by atoms with Crippen molar-refractivity contribution in [1.82, 2.24) is 4.31 Å². The first kappa shape index (κ1) is 17.0. The van der Waals surface area contributed by atoms with Crippen molar-refractivity contribution in [3.8, 4) is 0 Å². The Bertz CT molecular complexity index is 561. The van der Waals surface area contributed by atoms with E-state index in [4.69, 9.17) is 5.73 Å². The first-order valence-electron chi connectivity index (χ1n) is 6.33. The molecule has 0 aliphatic heterocycles. The summed E-state index contributed by atoms with van der Waals surface area (Å²) in [5.41, 5.74) is 5.85. The molecule has 0 saturated heterocycles. The summed E-state index contributed by atoms with van der Waals surface area (Å²) < 4.78 is 52.0. The van der Waals surface area contributed by atoms with E-state index in [0.29, 0.717) is 12.5 Å². The second kappa shape index (κ2) is 6.60. The van der Waals surface area contributed by atoms with Crippen LogP contribution in [0, 0.1) is 17.6 Å². The third-order valence-electron chi connectivity index (χ3n) is 3.22. The molecular weight excluding hydrogens is 286 g/mol. The molecule has 0 radical (unpaired) electrons. The molecule has 0 fully saturated rings. The molecule has 2 N–H and O–H groups in total. The lowest BCUT2D eigenvalue weighted by molar-refractivity contribution is 0.395. The number of nitrogens with two attached hydrogens (primary N) is 1. The van der Waals surface area contributed by atoms with Crippen molar-refractivity contribution < 1.29 is 17.2 Å². The van der Waals surface area contributed by atoms with Crippen LogP contribution in [0.4, 0.5) is 8.78 Å². The van der Waals surface area contributed by atoms with Crippen LogP contribution in [-0.4, -0.2) is 32.4 Å². The van der Waals surface area contributed by atoms with Crippen LogP contribution in [0.1, 0.15) is 20.3 Å². The summed E-state index contributed by atoms with van der Waals surface area (Å²) >= 11 is 0. The number of nitrogens with zero attached hydrogens (tertiary/aromatic N) is 1. The van der Waals surface area contributed by atoms with E-state index in [2.05, 4.69) is 0 Å². The molecule has 0 saturated carbocycles. The number of hydrogen-bond donors (Lipinski definition) is 1. The molecule has 7 heteroatoms. The van der Waals surface area contributed by atoms with Gasteiger partial charge in [-0.25, -0.2) is 21.5 Å². The highest BCUT2D eigenvalue weighted by atomic mass is 32.2. The predicted molar refractivity (Wildman–Crippen MR) is 73.6 cm³/mol. The Morgan fingerprint density at radius 3 is 2.45 bits per heavy atom. The van der Waals surface area contributed by atoms with Gasteiger partial charge in [0.2, 0.25) is 10.0 Å². The Hall–Kier alpha value is -1.05. The first-order chi connectivity index (χ1) is 9.16. The quantitative estimate of drug-likeness (QED) is 0.874. The molecule has 0 aromatic heterocycles. The van der Waals surface area contributed by atoms with Gasteiger partial charge in [-0.2, -0.15) is 0 Å². The van der Waals surface area contributed by atoms with E-state index in [0.717, 1.165) is 16.4 Å². The average molecular weight is 306 g/mol. The van der Waals surface area contributed by atoms with E-state index >= 15 is 0 Å². The third-order valence-corrected chi connectivity index (χ3v) is 5.09. The molecule has 0 spiro atoms. The molecule has 1 aromatic rings. The molecule has 1 atom stereocenters. The number of sulfonamides is 1. The van der Waals surface area contributed by atoms with Gasteiger partial charge in [0, 0.05) is 19.6 Å². The zero-order valence-corrected chi connectivity index (χ0v) is 12.6. The molecule has 4 nitrogen and oxygen atoms in total. The van der Waals surface area contributed by atoms with Crippen LogP contribution >= 0.6 is 0 Å². The standard InChI is InChI=1S/C13H20F2N2O2S/c1-9(2)12(16)6-7-17(3)20(18,19)13-8-10(14)4-5-11(13)15/h4-5,8-9,12H,6-7,16H2,1-3H3.